The van der Waals surface area contributed by atoms with Gasteiger partial charge in [0, 0.05) is 19.1 Å². The normalized spacial score (nSPS) is 65.2. The number of hydrogen-bond acceptors (Lipinski definition) is 4. The molecule has 4 bridgehead atoms. The van der Waals surface area contributed by atoms with E-state index < -0.39 is 5.60 Å². The lowest BCUT2D eigenvalue weighted by Crippen LogP contribution is -2.71. The van der Waals surface area contributed by atoms with Gasteiger partial charge in [-0.1, -0.05) is 25.5 Å². The van der Waals surface area contributed by atoms with Gasteiger partial charge in [0.25, 0.3) is 0 Å². The van der Waals surface area contributed by atoms with E-state index in [1.54, 1.807) is 0 Å². The molecule has 1 spiro atoms. The van der Waals surface area contributed by atoms with E-state index in [0.717, 1.165) is 43.9 Å². The maximum absolute atomic E-state index is 12.6. The summed E-state index contributed by atoms with van der Waals surface area (Å²) in [7, 11) is 0. The minimum absolute atomic E-state index is 0.213. The lowest BCUT2D eigenvalue weighted by Gasteiger charge is -2.69. The second-order valence-electron chi connectivity index (χ2n) is 16.1. The highest BCUT2D eigenvalue weighted by Gasteiger charge is 2.77. The molecule has 8 fully saturated rings. The molecule has 204 valence electrons. The molecule has 0 aromatic rings. The standard InChI is InChI=1S/C33H49NO3/c1-18-4-7-27-33(37)10-2-3-19-13-25-28(23(29(19)33)17-34(27)16-18)22-6-5-20-8-11-31(25)15-26(36)24-14-21(35)9-12-32(20,24)30(22)31/h5-6,18-30,35-37H,2-4,7-17H2,1H3. The van der Waals surface area contributed by atoms with E-state index in [1.165, 1.54) is 58.0 Å². The van der Waals surface area contributed by atoms with Crippen molar-refractivity contribution < 1.29 is 15.3 Å². The molecular weight excluding hydrogens is 458 g/mol. The molecule has 16 atom stereocenters. The van der Waals surface area contributed by atoms with Gasteiger partial charge in [-0.05, 0) is 141 Å². The molecule has 37 heavy (non-hydrogen) atoms. The fourth-order valence-electron chi connectivity index (χ4n) is 14.8. The third-order valence-corrected chi connectivity index (χ3v) is 15.3. The molecule has 7 aliphatic carbocycles. The number of aliphatic hydroxyl groups is 3. The zero-order valence-electron chi connectivity index (χ0n) is 22.8. The number of piperidine rings is 2. The van der Waals surface area contributed by atoms with Crippen LogP contribution in [0.1, 0.15) is 84.0 Å². The van der Waals surface area contributed by atoms with Crippen molar-refractivity contribution in [2.45, 2.75) is 108 Å². The van der Waals surface area contributed by atoms with Crippen LogP contribution >= 0.6 is 0 Å². The molecule has 2 heterocycles. The Morgan fingerprint density at radius 3 is 2.68 bits per heavy atom. The first-order valence-corrected chi connectivity index (χ1v) is 16.4. The summed E-state index contributed by atoms with van der Waals surface area (Å²) in [5.41, 5.74) is 0.0270. The van der Waals surface area contributed by atoms with Gasteiger partial charge in [0.05, 0.1) is 17.8 Å². The van der Waals surface area contributed by atoms with Crippen LogP contribution in [0.4, 0.5) is 0 Å². The van der Waals surface area contributed by atoms with Gasteiger partial charge in [0.15, 0.2) is 0 Å². The number of hydrogen-bond donors (Lipinski definition) is 3. The van der Waals surface area contributed by atoms with Crippen molar-refractivity contribution in [2.24, 2.45) is 70.0 Å². The smallest absolute Gasteiger partial charge is 0.0836 e. The van der Waals surface area contributed by atoms with Crippen molar-refractivity contribution in [1.82, 2.24) is 4.90 Å². The molecule has 6 saturated carbocycles. The summed E-state index contributed by atoms with van der Waals surface area (Å²) < 4.78 is 0. The Hall–Kier alpha value is -0.420. The topological polar surface area (TPSA) is 63.9 Å². The second-order valence-corrected chi connectivity index (χ2v) is 16.1. The number of allylic oxidation sites excluding steroid dienone is 2. The first kappa shape index (κ1) is 23.3. The molecule has 2 saturated heterocycles. The fourth-order valence-corrected chi connectivity index (χ4v) is 14.8. The summed E-state index contributed by atoms with van der Waals surface area (Å²) >= 11 is 0. The van der Waals surface area contributed by atoms with Crippen LogP contribution in [0.15, 0.2) is 12.2 Å². The van der Waals surface area contributed by atoms with E-state index in [-0.39, 0.29) is 23.5 Å². The third kappa shape index (κ3) is 2.63. The van der Waals surface area contributed by atoms with Gasteiger partial charge in [0.2, 0.25) is 0 Å². The predicted octanol–water partition coefficient (Wildman–Crippen LogP) is 4.62. The molecule has 0 amide bonds. The number of rotatable bonds is 0. The predicted molar refractivity (Wildman–Crippen MR) is 142 cm³/mol. The molecule has 0 aromatic heterocycles. The maximum Gasteiger partial charge on any atom is 0.0836 e. The lowest BCUT2D eigenvalue weighted by atomic mass is 9.36. The highest BCUT2D eigenvalue weighted by Crippen LogP contribution is 2.81. The third-order valence-electron chi connectivity index (χ3n) is 15.3. The molecule has 9 aliphatic rings. The van der Waals surface area contributed by atoms with Gasteiger partial charge < -0.3 is 15.3 Å². The molecular formula is C33H49NO3. The number of aliphatic hydroxyl groups excluding tert-OH is 2. The molecule has 0 aromatic carbocycles. The van der Waals surface area contributed by atoms with Gasteiger partial charge in [-0.3, -0.25) is 4.90 Å². The molecule has 3 N–H and O–H groups in total. The van der Waals surface area contributed by atoms with E-state index in [1.807, 2.05) is 0 Å². The molecule has 4 nitrogen and oxygen atoms in total. The Labute approximate surface area is 223 Å². The van der Waals surface area contributed by atoms with Crippen molar-refractivity contribution in [3.8, 4) is 0 Å². The van der Waals surface area contributed by atoms with E-state index in [9.17, 15) is 15.3 Å². The summed E-state index contributed by atoms with van der Waals surface area (Å²) in [5.74, 6) is 6.15. The van der Waals surface area contributed by atoms with Gasteiger partial charge in [-0.2, -0.15) is 0 Å². The van der Waals surface area contributed by atoms with Crippen molar-refractivity contribution in [3.63, 3.8) is 0 Å². The van der Waals surface area contributed by atoms with Crippen molar-refractivity contribution in [1.29, 1.82) is 0 Å². The zero-order valence-corrected chi connectivity index (χ0v) is 22.8. The van der Waals surface area contributed by atoms with E-state index in [0.29, 0.717) is 52.9 Å². The van der Waals surface area contributed by atoms with Gasteiger partial charge in [-0.25, -0.2) is 0 Å². The maximum atomic E-state index is 12.6. The number of nitrogens with zero attached hydrogens (tertiary/aromatic N) is 1. The van der Waals surface area contributed by atoms with Crippen LogP contribution in [0.2, 0.25) is 0 Å². The summed E-state index contributed by atoms with van der Waals surface area (Å²) in [5, 5.41) is 35.2. The first-order chi connectivity index (χ1) is 17.9. The van der Waals surface area contributed by atoms with E-state index in [2.05, 4.69) is 24.0 Å². The van der Waals surface area contributed by atoms with Crippen LogP contribution in [0, 0.1) is 70.0 Å². The average Bonchev–Trinajstić information content (AvgIpc) is 3.18. The number of fused-ring (bicyclic) bond motifs is 5. The van der Waals surface area contributed by atoms with Crippen LogP contribution < -0.4 is 0 Å². The summed E-state index contributed by atoms with van der Waals surface area (Å²) in [6.45, 7) is 4.82. The Morgan fingerprint density at radius 2 is 1.78 bits per heavy atom. The van der Waals surface area contributed by atoms with E-state index >= 15 is 0 Å². The zero-order chi connectivity index (χ0) is 24.9. The monoisotopic (exact) mass is 507 g/mol. The highest BCUT2D eigenvalue weighted by molar-refractivity contribution is 5.31. The average molecular weight is 508 g/mol. The molecule has 16 unspecified atom stereocenters. The van der Waals surface area contributed by atoms with Crippen LogP contribution in [0.3, 0.4) is 0 Å². The minimum atomic E-state index is -0.479. The van der Waals surface area contributed by atoms with Crippen LogP contribution in [-0.2, 0) is 0 Å². The SMILES string of the molecule is CC1CCC2N(C1)CC1C3C4C=CC5CCC6(CC(O)C7CC(O)CCC57C46)C3CC3CCCC2(O)C31. The molecule has 2 aliphatic heterocycles. The van der Waals surface area contributed by atoms with Crippen LogP contribution in [-0.4, -0.2) is 57.2 Å². The summed E-state index contributed by atoms with van der Waals surface area (Å²) in [6.07, 6.45) is 18.7. The minimum Gasteiger partial charge on any atom is -0.393 e. The van der Waals surface area contributed by atoms with Gasteiger partial charge in [0.1, 0.15) is 0 Å². The highest BCUT2D eigenvalue weighted by atomic mass is 16.3. The Balaban J connectivity index is 1.19. The van der Waals surface area contributed by atoms with Gasteiger partial charge in [-0.15, -0.1) is 0 Å². The fraction of sp³-hybridized carbons (Fsp3) is 0.939. The Kier molecular flexibility index (Phi) is 4.69. The van der Waals surface area contributed by atoms with E-state index in [4.69, 9.17) is 0 Å². The van der Waals surface area contributed by atoms with Crippen molar-refractivity contribution in [3.05, 3.63) is 12.2 Å². The first-order valence-electron chi connectivity index (χ1n) is 16.4. The van der Waals surface area contributed by atoms with Crippen molar-refractivity contribution >= 4 is 0 Å². The summed E-state index contributed by atoms with van der Waals surface area (Å²) in [4.78, 5) is 2.79. The second kappa shape index (κ2) is 7.45. The Bertz CT molecular complexity index is 1010. The largest absolute Gasteiger partial charge is 0.393 e. The summed E-state index contributed by atoms with van der Waals surface area (Å²) in [6, 6.07) is 0.390. The van der Waals surface area contributed by atoms with Gasteiger partial charge >= 0.3 is 0 Å². The Morgan fingerprint density at radius 1 is 0.892 bits per heavy atom. The molecule has 4 heteroatoms. The molecule has 9 rings (SSSR count). The quantitative estimate of drug-likeness (QED) is 0.419. The molecule has 0 radical (unpaired) electrons. The van der Waals surface area contributed by atoms with Crippen LogP contribution in [0.5, 0.6) is 0 Å². The van der Waals surface area contributed by atoms with Crippen molar-refractivity contribution in [2.75, 3.05) is 13.1 Å². The lowest BCUT2D eigenvalue weighted by molar-refractivity contribution is -0.235. The van der Waals surface area contributed by atoms with Crippen LogP contribution in [0.25, 0.3) is 0 Å².